The van der Waals surface area contributed by atoms with Gasteiger partial charge in [-0.15, -0.1) is 0 Å². The predicted octanol–water partition coefficient (Wildman–Crippen LogP) is 1.48. The quantitative estimate of drug-likeness (QED) is 0.662. The molecule has 0 aliphatic rings. The molecule has 0 radical (unpaired) electrons. The molecule has 0 saturated carbocycles. The van der Waals surface area contributed by atoms with Crippen molar-refractivity contribution in [1.29, 1.82) is 0 Å². The molecule has 1 aromatic rings. The molecule has 120 valence electrons. The van der Waals surface area contributed by atoms with Gasteiger partial charge in [0, 0.05) is 14.1 Å². The van der Waals surface area contributed by atoms with Crippen molar-refractivity contribution in [2.24, 2.45) is 0 Å². The zero-order chi connectivity index (χ0) is 16.3. The lowest BCUT2D eigenvalue weighted by atomic mass is 9.93. The number of aliphatic hydroxyl groups is 1. The van der Waals surface area contributed by atoms with E-state index in [0.29, 0.717) is 11.4 Å². The van der Waals surface area contributed by atoms with Gasteiger partial charge in [-0.1, -0.05) is 13.8 Å². The van der Waals surface area contributed by atoms with Crippen molar-refractivity contribution in [2.45, 2.75) is 37.1 Å². The van der Waals surface area contributed by atoms with Gasteiger partial charge >= 0.3 is 0 Å². The molecule has 0 atom stereocenters. The molecule has 0 spiro atoms. The van der Waals surface area contributed by atoms with Crippen LogP contribution in [0.4, 0.5) is 11.4 Å². The Morgan fingerprint density at radius 3 is 2.24 bits per heavy atom. The highest BCUT2D eigenvalue weighted by molar-refractivity contribution is 7.89. The number of nitrogens with one attached hydrogen (secondary N) is 1. The number of nitrogens with zero attached hydrogens (tertiary/aromatic N) is 1. The fourth-order valence-electron chi connectivity index (χ4n) is 2.00. The monoisotopic (exact) mass is 315 g/mol. The second-order valence-electron chi connectivity index (χ2n) is 5.31. The standard InChI is InChI=1S/C14H25N3O3S/c1-5-14(6-2,10-18)16-13-8-7-11(9-12(13)15)21(19,20)17(3)4/h7-9,16,18H,5-6,10,15H2,1-4H3. The molecule has 0 saturated heterocycles. The fourth-order valence-corrected chi connectivity index (χ4v) is 2.94. The lowest BCUT2D eigenvalue weighted by molar-refractivity contribution is 0.202. The lowest BCUT2D eigenvalue weighted by Crippen LogP contribution is -2.41. The van der Waals surface area contributed by atoms with Crippen LogP contribution in [0.5, 0.6) is 0 Å². The molecule has 0 aromatic heterocycles. The van der Waals surface area contributed by atoms with Crippen molar-refractivity contribution in [3.8, 4) is 0 Å². The van der Waals surface area contributed by atoms with E-state index in [1.807, 2.05) is 13.8 Å². The first-order chi connectivity index (χ1) is 9.72. The van der Waals surface area contributed by atoms with E-state index in [2.05, 4.69) is 5.32 Å². The van der Waals surface area contributed by atoms with Crippen LogP contribution in [-0.2, 0) is 10.0 Å². The number of hydrogen-bond acceptors (Lipinski definition) is 5. The van der Waals surface area contributed by atoms with Gasteiger partial charge < -0.3 is 16.2 Å². The third kappa shape index (κ3) is 3.66. The van der Waals surface area contributed by atoms with E-state index in [0.717, 1.165) is 17.1 Å². The van der Waals surface area contributed by atoms with Crippen LogP contribution in [0.2, 0.25) is 0 Å². The maximum atomic E-state index is 12.1. The van der Waals surface area contributed by atoms with Gasteiger partial charge in [0.05, 0.1) is 28.4 Å². The van der Waals surface area contributed by atoms with Gasteiger partial charge in [0.25, 0.3) is 0 Å². The van der Waals surface area contributed by atoms with Crippen molar-refractivity contribution >= 4 is 21.4 Å². The smallest absolute Gasteiger partial charge is 0.242 e. The molecule has 0 heterocycles. The number of benzene rings is 1. The molecule has 6 nitrogen and oxygen atoms in total. The Hall–Kier alpha value is -1.31. The number of nitrogen functional groups attached to an aromatic ring is 1. The molecule has 0 fully saturated rings. The number of sulfonamides is 1. The Labute approximate surface area is 127 Å². The van der Waals surface area contributed by atoms with Gasteiger partial charge in [-0.2, -0.15) is 0 Å². The van der Waals surface area contributed by atoms with Crippen LogP contribution in [0.15, 0.2) is 23.1 Å². The maximum Gasteiger partial charge on any atom is 0.242 e. The summed E-state index contributed by atoms with van der Waals surface area (Å²) in [6.45, 7) is 3.94. The Morgan fingerprint density at radius 1 is 1.29 bits per heavy atom. The molecule has 0 amide bonds. The minimum Gasteiger partial charge on any atom is -0.397 e. The van der Waals surface area contributed by atoms with Gasteiger partial charge in [-0.25, -0.2) is 12.7 Å². The van der Waals surface area contributed by atoms with E-state index in [1.54, 1.807) is 6.07 Å². The summed E-state index contributed by atoms with van der Waals surface area (Å²) in [5.74, 6) is 0. The molecule has 1 rings (SSSR count). The Morgan fingerprint density at radius 2 is 1.86 bits per heavy atom. The summed E-state index contributed by atoms with van der Waals surface area (Å²) in [6.07, 6.45) is 1.47. The van der Waals surface area contributed by atoms with Gasteiger partial charge in [0.1, 0.15) is 0 Å². The van der Waals surface area contributed by atoms with Crippen molar-refractivity contribution in [1.82, 2.24) is 4.31 Å². The van der Waals surface area contributed by atoms with E-state index < -0.39 is 15.6 Å². The first-order valence-corrected chi connectivity index (χ1v) is 8.37. The highest BCUT2D eigenvalue weighted by Gasteiger charge is 2.26. The molecule has 0 bridgehead atoms. The minimum absolute atomic E-state index is 0.0167. The Kier molecular flexibility index (Phi) is 5.61. The largest absolute Gasteiger partial charge is 0.397 e. The second kappa shape index (κ2) is 6.64. The van der Waals surface area contributed by atoms with E-state index >= 15 is 0 Å². The number of nitrogens with two attached hydrogens (primary N) is 1. The van der Waals surface area contributed by atoms with Crippen molar-refractivity contribution in [3.63, 3.8) is 0 Å². The Bertz CT molecular complexity index is 573. The number of rotatable bonds is 7. The lowest BCUT2D eigenvalue weighted by Gasteiger charge is -2.32. The van der Waals surface area contributed by atoms with Crippen LogP contribution < -0.4 is 11.1 Å². The van der Waals surface area contributed by atoms with Crippen molar-refractivity contribution in [2.75, 3.05) is 31.8 Å². The summed E-state index contributed by atoms with van der Waals surface area (Å²) in [5, 5.41) is 12.8. The number of hydrogen-bond donors (Lipinski definition) is 3. The van der Waals surface area contributed by atoms with Gasteiger partial charge in [0.15, 0.2) is 0 Å². The molecule has 1 aromatic carbocycles. The minimum atomic E-state index is -3.50. The van der Waals surface area contributed by atoms with Crippen molar-refractivity contribution in [3.05, 3.63) is 18.2 Å². The summed E-state index contributed by atoms with van der Waals surface area (Å²) in [4.78, 5) is 0.151. The number of aliphatic hydroxyl groups excluding tert-OH is 1. The van der Waals surface area contributed by atoms with E-state index in [-0.39, 0.29) is 11.5 Å². The van der Waals surface area contributed by atoms with Crippen molar-refractivity contribution < 1.29 is 13.5 Å². The zero-order valence-electron chi connectivity index (χ0n) is 13.0. The Balaban J connectivity index is 3.15. The summed E-state index contributed by atoms with van der Waals surface area (Å²) in [5.41, 5.74) is 6.49. The highest BCUT2D eigenvalue weighted by Crippen LogP contribution is 2.29. The van der Waals surface area contributed by atoms with Crippen LogP contribution in [0.25, 0.3) is 0 Å². The van der Waals surface area contributed by atoms with Crippen LogP contribution in [0, 0.1) is 0 Å². The highest BCUT2D eigenvalue weighted by atomic mass is 32.2. The molecular formula is C14H25N3O3S. The van der Waals surface area contributed by atoms with E-state index in [4.69, 9.17) is 5.73 Å². The van der Waals surface area contributed by atoms with Crippen LogP contribution in [0.1, 0.15) is 26.7 Å². The average Bonchev–Trinajstić information content (AvgIpc) is 2.46. The maximum absolute atomic E-state index is 12.1. The molecule has 7 heteroatoms. The predicted molar refractivity (Wildman–Crippen MR) is 85.7 cm³/mol. The van der Waals surface area contributed by atoms with E-state index in [9.17, 15) is 13.5 Å². The molecular weight excluding hydrogens is 290 g/mol. The number of anilines is 2. The second-order valence-corrected chi connectivity index (χ2v) is 7.46. The molecule has 21 heavy (non-hydrogen) atoms. The average molecular weight is 315 g/mol. The topological polar surface area (TPSA) is 95.7 Å². The SMILES string of the molecule is CCC(CC)(CO)Nc1ccc(S(=O)(=O)N(C)C)cc1N. The first kappa shape index (κ1) is 17.7. The first-order valence-electron chi connectivity index (χ1n) is 6.93. The van der Waals surface area contributed by atoms with Gasteiger partial charge in [-0.05, 0) is 31.0 Å². The fraction of sp³-hybridized carbons (Fsp3) is 0.571. The summed E-state index contributed by atoms with van der Waals surface area (Å²) < 4.78 is 25.3. The van der Waals surface area contributed by atoms with Gasteiger partial charge in [0.2, 0.25) is 10.0 Å². The summed E-state index contributed by atoms with van der Waals surface area (Å²) in [7, 11) is -0.551. The molecule has 0 aliphatic carbocycles. The zero-order valence-corrected chi connectivity index (χ0v) is 13.9. The molecule has 0 aliphatic heterocycles. The van der Waals surface area contributed by atoms with Crippen LogP contribution in [-0.4, -0.2) is 44.1 Å². The normalized spacial score (nSPS) is 12.7. The third-order valence-electron chi connectivity index (χ3n) is 3.86. The molecule has 4 N–H and O–H groups in total. The third-order valence-corrected chi connectivity index (χ3v) is 5.67. The van der Waals surface area contributed by atoms with Gasteiger partial charge in [-0.3, -0.25) is 0 Å². The molecule has 0 unspecified atom stereocenters. The summed E-state index contributed by atoms with van der Waals surface area (Å²) in [6, 6.07) is 4.59. The summed E-state index contributed by atoms with van der Waals surface area (Å²) >= 11 is 0. The van der Waals surface area contributed by atoms with E-state index in [1.165, 1.54) is 26.2 Å². The van der Waals surface area contributed by atoms with Crippen LogP contribution >= 0.6 is 0 Å². The van der Waals surface area contributed by atoms with Crippen LogP contribution in [0.3, 0.4) is 0 Å².